The van der Waals surface area contributed by atoms with Gasteiger partial charge in [-0.2, -0.15) is 0 Å². The lowest BCUT2D eigenvalue weighted by Gasteiger charge is -2.14. The molecular weight excluding hydrogens is 506 g/mol. The van der Waals surface area contributed by atoms with Gasteiger partial charge in [0, 0.05) is 17.1 Å². The number of sulfonamides is 1. The lowest BCUT2D eigenvalue weighted by Crippen LogP contribution is -2.34. The number of carbonyl (C=O) groups is 2. The number of carbonyl (C=O) groups excluding carboxylic acids is 2. The van der Waals surface area contributed by atoms with Crippen molar-refractivity contribution in [3.63, 3.8) is 0 Å². The van der Waals surface area contributed by atoms with E-state index in [0.29, 0.717) is 23.6 Å². The van der Waals surface area contributed by atoms with Crippen molar-refractivity contribution in [2.45, 2.75) is 31.6 Å². The largest absolute Gasteiger partial charge is 0.493 e. The van der Waals surface area contributed by atoms with Gasteiger partial charge in [0.2, 0.25) is 5.91 Å². The van der Waals surface area contributed by atoms with Crippen LogP contribution in [0, 0.1) is 0 Å². The van der Waals surface area contributed by atoms with Crippen molar-refractivity contribution in [3.05, 3.63) is 52.5 Å². The average Bonchev–Trinajstić information content (AvgIpc) is 2.68. The molecule has 0 saturated carbocycles. The lowest BCUT2D eigenvalue weighted by molar-refractivity contribution is -0.117. The summed E-state index contributed by atoms with van der Waals surface area (Å²) < 4.78 is 32.3. The monoisotopic (exact) mass is 527 g/mol. The van der Waals surface area contributed by atoms with Crippen molar-refractivity contribution in [1.29, 1.82) is 0 Å². The van der Waals surface area contributed by atoms with E-state index in [1.807, 2.05) is 11.6 Å². The van der Waals surface area contributed by atoms with Crippen LogP contribution in [0.2, 0.25) is 0 Å². The molecule has 166 valence electrons. The molecule has 0 aliphatic carbocycles. The van der Waals surface area contributed by atoms with Gasteiger partial charge in [0.1, 0.15) is 5.75 Å². The molecule has 0 fully saturated rings. The van der Waals surface area contributed by atoms with Crippen LogP contribution in [0.25, 0.3) is 0 Å². The molecule has 0 unspecified atom stereocenters. The van der Waals surface area contributed by atoms with Crippen LogP contribution in [-0.4, -0.2) is 32.0 Å². The van der Waals surface area contributed by atoms with Crippen molar-refractivity contribution >= 4 is 60.8 Å². The Morgan fingerprint density at radius 3 is 2.42 bits per heavy atom. The van der Waals surface area contributed by atoms with Crippen LogP contribution >= 0.6 is 28.1 Å². The Hall–Kier alpha value is -2.50. The molecule has 3 N–H and O–H groups in total. The van der Waals surface area contributed by atoms with Gasteiger partial charge >= 0.3 is 0 Å². The second kappa shape index (κ2) is 11.2. The topological polar surface area (TPSA) is 114 Å². The Bertz CT molecular complexity index is 1070. The molecule has 8 nitrogen and oxygen atoms in total. The van der Waals surface area contributed by atoms with E-state index in [1.54, 1.807) is 18.2 Å². The second-order valence-electron chi connectivity index (χ2n) is 6.44. The molecule has 0 aliphatic rings. The number of halogens is 1. The predicted octanol–water partition coefficient (Wildman–Crippen LogP) is 3.58. The number of benzene rings is 2. The first-order chi connectivity index (χ1) is 14.6. The zero-order chi connectivity index (χ0) is 23.0. The van der Waals surface area contributed by atoms with Crippen LogP contribution in [-0.2, 0) is 14.8 Å². The van der Waals surface area contributed by atoms with Gasteiger partial charge < -0.3 is 10.1 Å². The first kappa shape index (κ1) is 24.8. The van der Waals surface area contributed by atoms with Crippen molar-refractivity contribution in [2.75, 3.05) is 11.9 Å². The number of nitrogens with one attached hydrogen (secondary N) is 3. The van der Waals surface area contributed by atoms with E-state index >= 15 is 0 Å². The maximum Gasteiger partial charge on any atom is 0.264 e. The van der Waals surface area contributed by atoms with Gasteiger partial charge in [0.05, 0.1) is 17.1 Å². The first-order valence-electron chi connectivity index (χ1n) is 9.30. The van der Waals surface area contributed by atoms with Crippen LogP contribution < -0.4 is 20.1 Å². The van der Waals surface area contributed by atoms with Crippen LogP contribution in [0.5, 0.6) is 5.75 Å². The summed E-state index contributed by atoms with van der Waals surface area (Å²) in [6, 6.07) is 10.7. The number of amides is 2. The number of rotatable bonds is 8. The highest BCUT2D eigenvalue weighted by Crippen LogP contribution is 2.23. The Morgan fingerprint density at radius 2 is 1.81 bits per heavy atom. The highest BCUT2D eigenvalue weighted by Gasteiger charge is 2.17. The zero-order valence-electron chi connectivity index (χ0n) is 16.9. The molecule has 0 atom stereocenters. The fourth-order valence-corrected chi connectivity index (χ4v) is 3.99. The maximum absolute atomic E-state index is 12.7. The minimum atomic E-state index is -3.93. The van der Waals surface area contributed by atoms with Crippen LogP contribution in [0.15, 0.2) is 51.8 Å². The molecule has 2 rings (SSSR count). The van der Waals surface area contributed by atoms with E-state index in [2.05, 4.69) is 26.6 Å². The van der Waals surface area contributed by atoms with E-state index in [4.69, 9.17) is 17.0 Å². The Morgan fingerprint density at radius 1 is 1.13 bits per heavy atom. The molecule has 0 radical (unpaired) electrons. The number of hydrogen-bond acceptors (Lipinski definition) is 6. The summed E-state index contributed by atoms with van der Waals surface area (Å²) in [7, 11) is -3.93. The van der Waals surface area contributed by atoms with Crippen LogP contribution in [0.4, 0.5) is 5.69 Å². The Balaban J connectivity index is 2.05. The minimum absolute atomic E-state index is 0.0296. The molecule has 0 aliphatic heterocycles. The fraction of sp³-hybridized carbons (Fsp3) is 0.250. The summed E-state index contributed by atoms with van der Waals surface area (Å²) in [4.78, 5) is 23.6. The van der Waals surface area contributed by atoms with Gasteiger partial charge in [-0.3, -0.25) is 14.9 Å². The lowest BCUT2D eigenvalue weighted by atomic mass is 10.2. The average molecular weight is 528 g/mol. The van der Waals surface area contributed by atoms with E-state index in [1.165, 1.54) is 24.3 Å². The molecule has 2 amide bonds. The van der Waals surface area contributed by atoms with E-state index in [9.17, 15) is 18.0 Å². The van der Waals surface area contributed by atoms with Crippen molar-refractivity contribution in [3.8, 4) is 5.75 Å². The molecule has 11 heteroatoms. The van der Waals surface area contributed by atoms with Gasteiger partial charge in [-0.15, -0.1) is 0 Å². The summed E-state index contributed by atoms with van der Waals surface area (Å²) in [6.07, 6.45) is 1.84. The Kier molecular flexibility index (Phi) is 8.96. The van der Waals surface area contributed by atoms with Gasteiger partial charge in [-0.25, -0.2) is 13.1 Å². The van der Waals surface area contributed by atoms with Crippen LogP contribution in [0.3, 0.4) is 0 Å². The quantitative estimate of drug-likeness (QED) is 0.355. The third-order valence-corrected chi connectivity index (χ3v) is 6.02. The molecule has 0 bridgehead atoms. The molecule has 2 aromatic carbocycles. The summed E-state index contributed by atoms with van der Waals surface area (Å²) >= 11 is 8.53. The molecule has 0 aromatic heterocycles. The predicted molar refractivity (Wildman–Crippen MR) is 126 cm³/mol. The van der Waals surface area contributed by atoms with E-state index in [-0.39, 0.29) is 10.0 Å². The Labute approximate surface area is 194 Å². The number of unbranched alkanes of at least 4 members (excludes halogenated alkanes) is 1. The van der Waals surface area contributed by atoms with Gasteiger partial charge in [0.15, 0.2) is 5.11 Å². The van der Waals surface area contributed by atoms with Crippen molar-refractivity contribution < 1.29 is 22.7 Å². The fourth-order valence-electron chi connectivity index (χ4n) is 2.43. The summed E-state index contributed by atoms with van der Waals surface area (Å²) in [5.74, 6) is -0.684. The maximum atomic E-state index is 12.7. The molecule has 0 heterocycles. The smallest absolute Gasteiger partial charge is 0.264 e. The third-order valence-electron chi connectivity index (χ3n) is 3.87. The molecule has 2 aromatic rings. The minimum Gasteiger partial charge on any atom is -0.493 e. The van der Waals surface area contributed by atoms with Gasteiger partial charge in [-0.05, 0) is 61.1 Å². The standard InChI is InChI=1S/C20H22BrN3O5S2/c1-3-4-11-29-18-10-5-14(21)12-17(18)19(26)23-20(30)22-15-6-8-16(9-7-15)31(27,28)24-13(2)25/h5-10,12H,3-4,11H2,1-2H3,(H,24,25)(H2,22,23,26,30). The number of thiocarbonyl (C=S) groups is 1. The van der Waals surface area contributed by atoms with E-state index in [0.717, 1.165) is 24.2 Å². The third kappa shape index (κ3) is 7.60. The van der Waals surface area contributed by atoms with Gasteiger partial charge in [-0.1, -0.05) is 29.3 Å². The van der Waals surface area contributed by atoms with Crippen molar-refractivity contribution in [1.82, 2.24) is 10.0 Å². The molecule has 0 spiro atoms. The normalized spacial score (nSPS) is 10.8. The molecular formula is C20H22BrN3O5S2. The summed E-state index contributed by atoms with van der Waals surface area (Å²) in [5, 5.41) is 5.42. The second-order valence-corrected chi connectivity index (χ2v) is 9.44. The zero-order valence-corrected chi connectivity index (χ0v) is 20.1. The molecule has 31 heavy (non-hydrogen) atoms. The summed E-state index contributed by atoms with van der Waals surface area (Å²) in [5.41, 5.74) is 0.784. The van der Waals surface area contributed by atoms with Crippen LogP contribution in [0.1, 0.15) is 37.0 Å². The highest BCUT2D eigenvalue weighted by molar-refractivity contribution is 9.10. The highest BCUT2D eigenvalue weighted by atomic mass is 79.9. The van der Waals surface area contributed by atoms with Gasteiger partial charge in [0.25, 0.3) is 15.9 Å². The SMILES string of the molecule is CCCCOc1ccc(Br)cc1C(=O)NC(=S)Nc1ccc(S(=O)(=O)NC(C)=O)cc1. The van der Waals surface area contributed by atoms with Crippen molar-refractivity contribution in [2.24, 2.45) is 0 Å². The number of ether oxygens (including phenoxy) is 1. The summed E-state index contributed by atoms with van der Waals surface area (Å²) in [6.45, 7) is 3.65. The first-order valence-corrected chi connectivity index (χ1v) is 12.0. The number of hydrogen-bond donors (Lipinski definition) is 3. The number of anilines is 1. The van der Waals surface area contributed by atoms with E-state index < -0.39 is 21.8 Å². The molecule has 0 saturated heterocycles.